The highest BCUT2D eigenvalue weighted by Gasteiger charge is 2.34. The molecule has 0 atom stereocenters. The number of rotatable bonds is 3. The van der Waals surface area contributed by atoms with Crippen LogP contribution in [0.4, 0.5) is 10.6 Å². The van der Waals surface area contributed by atoms with Crippen LogP contribution in [0.25, 0.3) is 0 Å². The number of carbonyl (C=O) groups excluding carboxylic acids is 1. The van der Waals surface area contributed by atoms with Crippen molar-refractivity contribution in [3.05, 3.63) is 17.5 Å². The maximum Gasteiger partial charge on any atom is 0.410 e. The smallest absolute Gasteiger partial charge is 0.410 e. The molecule has 0 radical (unpaired) electrons. The molecule has 1 fully saturated rings. The van der Waals surface area contributed by atoms with Crippen LogP contribution in [0.3, 0.4) is 0 Å². The number of anilines is 1. The second-order valence-electron chi connectivity index (χ2n) is 6.33. The Balaban J connectivity index is 1.79. The number of hydrogen-bond donors (Lipinski definition) is 0. The van der Waals surface area contributed by atoms with Crippen LogP contribution in [0.5, 0.6) is 0 Å². The van der Waals surface area contributed by atoms with E-state index in [9.17, 15) is 4.79 Å². The van der Waals surface area contributed by atoms with Crippen molar-refractivity contribution in [2.45, 2.75) is 26.4 Å². The van der Waals surface area contributed by atoms with Gasteiger partial charge in [0.25, 0.3) is 0 Å². The first-order valence-corrected chi connectivity index (χ1v) is 7.29. The molecule has 21 heavy (non-hydrogen) atoms. The van der Waals surface area contributed by atoms with Crippen LogP contribution in [0.2, 0.25) is 5.15 Å². The van der Waals surface area contributed by atoms with Crippen LogP contribution in [-0.2, 0) is 4.74 Å². The third-order valence-corrected chi connectivity index (χ3v) is 3.31. The molecular weight excluding hydrogens is 292 g/mol. The fourth-order valence-electron chi connectivity index (χ4n) is 2.16. The van der Waals surface area contributed by atoms with Crippen molar-refractivity contribution in [3.8, 4) is 0 Å². The lowest BCUT2D eigenvalue weighted by molar-refractivity contribution is 0.000177. The third-order valence-electron chi connectivity index (χ3n) is 3.12. The van der Waals surface area contributed by atoms with E-state index in [4.69, 9.17) is 16.3 Å². The molecule has 1 aromatic rings. The molecule has 116 valence electrons. The summed E-state index contributed by atoms with van der Waals surface area (Å²) in [5.41, 5.74) is -0.449. The molecular formula is C14H21ClN4O2. The van der Waals surface area contributed by atoms with E-state index in [1.54, 1.807) is 11.1 Å². The summed E-state index contributed by atoms with van der Waals surface area (Å²) in [7, 11) is 1.94. The topological polar surface area (TPSA) is 58.6 Å². The summed E-state index contributed by atoms with van der Waals surface area (Å²) >= 11 is 5.83. The Morgan fingerprint density at radius 1 is 1.48 bits per heavy atom. The van der Waals surface area contributed by atoms with E-state index in [1.165, 1.54) is 6.20 Å². The minimum Gasteiger partial charge on any atom is -0.444 e. The lowest BCUT2D eigenvalue weighted by atomic mass is 10.0. The first-order valence-electron chi connectivity index (χ1n) is 6.91. The predicted octanol–water partition coefficient (Wildman–Crippen LogP) is 2.43. The average Bonchev–Trinajstić information content (AvgIpc) is 2.30. The summed E-state index contributed by atoms with van der Waals surface area (Å²) in [5.74, 6) is 1.14. The maximum atomic E-state index is 11.8. The Morgan fingerprint density at radius 3 is 2.71 bits per heavy atom. The number of halogens is 1. The van der Waals surface area contributed by atoms with E-state index in [1.807, 2.05) is 32.7 Å². The molecule has 0 saturated carbocycles. The highest BCUT2D eigenvalue weighted by atomic mass is 35.5. The number of hydrogen-bond acceptors (Lipinski definition) is 5. The third kappa shape index (κ3) is 4.46. The molecule has 2 heterocycles. The van der Waals surface area contributed by atoms with Gasteiger partial charge in [0.15, 0.2) is 0 Å². The minimum atomic E-state index is -0.449. The minimum absolute atomic E-state index is 0.246. The zero-order chi connectivity index (χ0) is 15.6. The molecule has 7 heteroatoms. The van der Waals surface area contributed by atoms with Gasteiger partial charge in [-0.1, -0.05) is 11.6 Å². The van der Waals surface area contributed by atoms with Crippen molar-refractivity contribution in [3.63, 3.8) is 0 Å². The van der Waals surface area contributed by atoms with Gasteiger partial charge in [0.2, 0.25) is 0 Å². The number of ether oxygens (including phenoxy) is 1. The van der Waals surface area contributed by atoms with Gasteiger partial charge in [-0.25, -0.2) is 9.78 Å². The second-order valence-corrected chi connectivity index (χ2v) is 6.72. The van der Waals surface area contributed by atoms with E-state index in [-0.39, 0.29) is 6.09 Å². The Hall–Kier alpha value is -1.56. The lowest BCUT2D eigenvalue weighted by Crippen LogP contribution is -2.54. The van der Waals surface area contributed by atoms with Gasteiger partial charge < -0.3 is 14.5 Å². The fraction of sp³-hybridized carbons (Fsp3) is 0.643. The van der Waals surface area contributed by atoms with Gasteiger partial charge in [-0.3, -0.25) is 4.98 Å². The molecule has 0 bridgehead atoms. The maximum absolute atomic E-state index is 11.8. The largest absolute Gasteiger partial charge is 0.444 e. The van der Waals surface area contributed by atoms with Gasteiger partial charge in [-0.05, 0) is 20.8 Å². The van der Waals surface area contributed by atoms with E-state index >= 15 is 0 Å². The van der Waals surface area contributed by atoms with Gasteiger partial charge in [-0.15, -0.1) is 0 Å². The average molecular weight is 313 g/mol. The summed E-state index contributed by atoms with van der Waals surface area (Å²) < 4.78 is 5.33. The van der Waals surface area contributed by atoms with Crippen LogP contribution in [0.15, 0.2) is 12.4 Å². The van der Waals surface area contributed by atoms with Crippen molar-refractivity contribution in [1.29, 1.82) is 0 Å². The van der Waals surface area contributed by atoms with E-state index in [0.29, 0.717) is 24.2 Å². The summed E-state index contributed by atoms with van der Waals surface area (Å²) in [5, 5.41) is 0.378. The predicted molar refractivity (Wildman–Crippen MR) is 81.6 cm³/mol. The molecule has 1 aromatic heterocycles. The molecule has 0 unspecified atom stereocenters. The monoisotopic (exact) mass is 312 g/mol. The highest BCUT2D eigenvalue weighted by Crippen LogP contribution is 2.21. The Kier molecular flexibility index (Phi) is 4.56. The molecule has 0 spiro atoms. The quantitative estimate of drug-likeness (QED) is 0.858. The van der Waals surface area contributed by atoms with Crippen LogP contribution >= 0.6 is 11.6 Å². The van der Waals surface area contributed by atoms with Crippen LogP contribution < -0.4 is 4.90 Å². The number of likely N-dealkylation sites (tertiary alicyclic amines) is 1. The van der Waals surface area contributed by atoms with Crippen molar-refractivity contribution >= 4 is 23.5 Å². The van der Waals surface area contributed by atoms with Crippen molar-refractivity contribution in [1.82, 2.24) is 14.9 Å². The molecule has 1 amide bonds. The number of amides is 1. The second kappa shape index (κ2) is 6.05. The van der Waals surface area contributed by atoms with Gasteiger partial charge >= 0.3 is 6.09 Å². The van der Waals surface area contributed by atoms with Gasteiger partial charge in [0.05, 0.1) is 12.4 Å². The normalized spacial score (nSPS) is 15.6. The summed E-state index contributed by atoms with van der Waals surface area (Å²) in [6, 6.07) is 0. The Morgan fingerprint density at radius 2 is 2.14 bits per heavy atom. The standard InChI is InChI=1S/C14H21ClN4O2/c1-14(2,3)21-13(20)19-8-10(9-19)7-18(4)12-6-16-5-11(15)17-12/h5-6,10H,7-9H2,1-4H3. The molecule has 1 aliphatic rings. The summed E-state index contributed by atoms with van der Waals surface area (Å²) in [6.45, 7) is 7.81. The van der Waals surface area contributed by atoms with Gasteiger partial charge in [0.1, 0.15) is 16.6 Å². The molecule has 0 N–H and O–H groups in total. The first-order chi connectivity index (χ1) is 9.74. The SMILES string of the molecule is CN(CC1CN(C(=O)OC(C)(C)C)C1)c1cncc(Cl)n1. The number of aromatic nitrogens is 2. The first kappa shape index (κ1) is 15.8. The van der Waals surface area contributed by atoms with E-state index < -0.39 is 5.60 Å². The molecule has 6 nitrogen and oxygen atoms in total. The molecule has 0 aromatic carbocycles. The zero-order valence-corrected chi connectivity index (χ0v) is 13.6. The van der Waals surface area contributed by atoms with Crippen LogP contribution in [0, 0.1) is 5.92 Å². The molecule has 0 aliphatic carbocycles. The van der Waals surface area contributed by atoms with Crippen molar-refractivity contribution in [2.75, 3.05) is 31.6 Å². The molecule has 1 saturated heterocycles. The summed E-state index contributed by atoms with van der Waals surface area (Å²) in [6.07, 6.45) is 2.94. The Labute approximate surface area is 130 Å². The fourth-order valence-corrected chi connectivity index (χ4v) is 2.30. The van der Waals surface area contributed by atoms with Gasteiger partial charge in [-0.2, -0.15) is 0 Å². The van der Waals surface area contributed by atoms with E-state index in [0.717, 1.165) is 12.4 Å². The van der Waals surface area contributed by atoms with Crippen molar-refractivity contribution in [2.24, 2.45) is 5.92 Å². The van der Waals surface area contributed by atoms with Crippen molar-refractivity contribution < 1.29 is 9.53 Å². The highest BCUT2D eigenvalue weighted by molar-refractivity contribution is 6.29. The Bertz CT molecular complexity index is 512. The zero-order valence-electron chi connectivity index (χ0n) is 12.8. The summed E-state index contributed by atoms with van der Waals surface area (Å²) in [4.78, 5) is 23.8. The van der Waals surface area contributed by atoms with Crippen LogP contribution in [-0.4, -0.2) is 53.2 Å². The van der Waals surface area contributed by atoms with Crippen LogP contribution in [0.1, 0.15) is 20.8 Å². The van der Waals surface area contributed by atoms with E-state index in [2.05, 4.69) is 9.97 Å². The molecule has 1 aliphatic heterocycles. The number of carbonyl (C=O) groups is 1. The number of nitrogens with zero attached hydrogens (tertiary/aromatic N) is 4. The van der Waals surface area contributed by atoms with Gasteiger partial charge in [0, 0.05) is 32.6 Å². The lowest BCUT2D eigenvalue weighted by Gasteiger charge is -2.41. The molecule has 2 rings (SSSR count).